The summed E-state index contributed by atoms with van der Waals surface area (Å²) in [5.74, 6) is -1.65. The molecular formula is C50H82N2O9S2. The van der Waals surface area contributed by atoms with Gasteiger partial charge >= 0.3 is 11.9 Å². The van der Waals surface area contributed by atoms with Crippen LogP contribution in [0, 0.1) is 0 Å². The van der Waals surface area contributed by atoms with Crippen molar-refractivity contribution < 1.29 is 41.0 Å². The van der Waals surface area contributed by atoms with Crippen LogP contribution in [0.4, 0.5) is 0 Å². The van der Waals surface area contributed by atoms with E-state index >= 15 is 0 Å². The molecule has 1 N–H and O–H groups in total. The molecule has 0 amide bonds. The first-order chi connectivity index (χ1) is 30.3. The number of esters is 2. The highest BCUT2D eigenvalue weighted by Crippen LogP contribution is 2.22. The third-order valence-corrected chi connectivity index (χ3v) is 12.9. The van der Waals surface area contributed by atoms with Crippen molar-refractivity contribution in [3.63, 3.8) is 0 Å². The van der Waals surface area contributed by atoms with Gasteiger partial charge in [-0.25, -0.2) is 26.4 Å². The molecule has 0 aliphatic rings. The first-order valence-electron chi connectivity index (χ1n) is 23.2. The average molecular weight is 919 g/mol. The summed E-state index contributed by atoms with van der Waals surface area (Å²) in [6.45, 7) is 21.9. The van der Waals surface area contributed by atoms with Crippen LogP contribution in [0.25, 0.3) is 0 Å². The zero-order valence-corrected chi connectivity index (χ0v) is 41.7. The molecule has 0 spiro atoms. The van der Waals surface area contributed by atoms with Gasteiger partial charge in [0.15, 0.2) is 9.81 Å². The second-order valence-electron chi connectivity index (χ2n) is 13.9. The van der Waals surface area contributed by atoms with Gasteiger partial charge in [-0.05, 0) is 108 Å². The molecule has 0 fully saturated rings. The van der Waals surface area contributed by atoms with Crippen LogP contribution in [-0.4, -0.2) is 89.7 Å². The van der Waals surface area contributed by atoms with Gasteiger partial charge in [0, 0.05) is 32.8 Å². The SMILES string of the molecule is CC.CCCCCCCCO.CCCCCCCCOC(=O)/C(=C/C=C/N(CC)CC)S(=O)(=O)c1ccccc1.CCOC(=O)/C(=C/C=C/N(CC)CC)S(=O)(=O)c1ccccc1. The van der Waals surface area contributed by atoms with Crippen LogP contribution < -0.4 is 0 Å². The van der Waals surface area contributed by atoms with Gasteiger partial charge in [0.2, 0.25) is 19.7 Å². The molecule has 13 heteroatoms. The number of aliphatic hydroxyl groups is 1. The number of unbranched alkanes of at least 4 members (excludes halogenated alkanes) is 10. The summed E-state index contributed by atoms with van der Waals surface area (Å²) in [7, 11) is -7.87. The minimum Gasteiger partial charge on any atom is -0.462 e. The fraction of sp³-hybridized carbons (Fsp3) is 0.560. The van der Waals surface area contributed by atoms with Crippen molar-refractivity contribution >= 4 is 31.6 Å². The molecule has 11 nitrogen and oxygen atoms in total. The van der Waals surface area contributed by atoms with Gasteiger partial charge in [-0.1, -0.05) is 128 Å². The van der Waals surface area contributed by atoms with Crippen molar-refractivity contribution in [1.29, 1.82) is 0 Å². The van der Waals surface area contributed by atoms with Gasteiger partial charge in [-0.15, -0.1) is 0 Å². The summed E-state index contributed by atoms with van der Waals surface area (Å²) in [6, 6.07) is 15.8. The number of nitrogens with zero attached hydrogens (tertiary/aromatic N) is 2. The van der Waals surface area contributed by atoms with Crippen molar-refractivity contribution in [3.8, 4) is 0 Å². The number of carbonyl (C=O) groups is 2. The van der Waals surface area contributed by atoms with Gasteiger partial charge in [0.25, 0.3) is 0 Å². The summed E-state index contributed by atoms with van der Waals surface area (Å²) in [6.07, 6.45) is 23.2. The lowest BCUT2D eigenvalue weighted by atomic mass is 10.1. The summed E-state index contributed by atoms with van der Waals surface area (Å²) >= 11 is 0. The fourth-order valence-corrected chi connectivity index (χ4v) is 8.18. The van der Waals surface area contributed by atoms with Crippen molar-refractivity contribution in [2.24, 2.45) is 0 Å². The highest BCUT2D eigenvalue weighted by molar-refractivity contribution is 7.96. The largest absolute Gasteiger partial charge is 0.462 e. The molecular weight excluding hydrogens is 837 g/mol. The van der Waals surface area contributed by atoms with E-state index in [4.69, 9.17) is 14.6 Å². The van der Waals surface area contributed by atoms with Crippen molar-refractivity contribution in [2.75, 3.05) is 46.0 Å². The second-order valence-corrected chi connectivity index (χ2v) is 17.8. The van der Waals surface area contributed by atoms with Crippen LogP contribution in [0.1, 0.15) is 139 Å². The molecule has 0 unspecified atom stereocenters. The lowest BCUT2D eigenvalue weighted by Crippen LogP contribution is -2.18. The monoisotopic (exact) mass is 919 g/mol. The molecule has 0 bridgehead atoms. The van der Waals surface area contributed by atoms with Crippen LogP contribution in [0.2, 0.25) is 0 Å². The molecule has 0 aliphatic heterocycles. The van der Waals surface area contributed by atoms with E-state index in [-0.39, 0.29) is 32.8 Å². The van der Waals surface area contributed by atoms with Gasteiger partial charge in [-0.3, -0.25) is 0 Å². The van der Waals surface area contributed by atoms with E-state index in [9.17, 15) is 26.4 Å². The molecule has 0 aromatic heterocycles. The molecule has 0 atom stereocenters. The Balaban J connectivity index is 0. The van der Waals surface area contributed by atoms with E-state index in [1.807, 2.05) is 51.3 Å². The predicted molar refractivity (Wildman–Crippen MR) is 260 cm³/mol. The number of benzene rings is 2. The quantitative estimate of drug-likeness (QED) is 0.0376. The molecule has 0 heterocycles. The van der Waals surface area contributed by atoms with Gasteiger partial charge in [0.1, 0.15) is 0 Å². The first-order valence-corrected chi connectivity index (χ1v) is 26.1. The Bertz CT molecular complexity index is 1780. The van der Waals surface area contributed by atoms with Gasteiger partial charge < -0.3 is 24.4 Å². The molecule has 0 saturated heterocycles. The Morgan fingerprint density at radius 3 is 1.22 bits per heavy atom. The van der Waals surface area contributed by atoms with E-state index < -0.39 is 31.6 Å². The highest BCUT2D eigenvalue weighted by atomic mass is 32.2. The van der Waals surface area contributed by atoms with E-state index in [1.54, 1.807) is 67.9 Å². The highest BCUT2D eigenvalue weighted by Gasteiger charge is 2.28. The molecule has 2 aromatic carbocycles. The maximum Gasteiger partial charge on any atom is 0.350 e. The zero-order chi connectivity index (χ0) is 47.8. The fourth-order valence-electron chi connectivity index (χ4n) is 5.57. The summed E-state index contributed by atoms with van der Waals surface area (Å²) in [4.78, 5) is 28.1. The molecule has 2 aromatic rings. The summed E-state index contributed by atoms with van der Waals surface area (Å²) in [5, 5.41) is 8.42. The zero-order valence-electron chi connectivity index (χ0n) is 40.1. The maximum absolute atomic E-state index is 13.0. The number of hydrogen-bond donors (Lipinski definition) is 1. The average Bonchev–Trinajstić information content (AvgIpc) is 3.30. The van der Waals surface area contributed by atoms with Crippen LogP contribution >= 0.6 is 0 Å². The van der Waals surface area contributed by atoms with Crippen molar-refractivity contribution in [1.82, 2.24) is 9.80 Å². The summed E-state index contributed by atoms with van der Waals surface area (Å²) in [5.41, 5.74) is 0. The van der Waals surface area contributed by atoms with Gasteiger partial charge in [-0.2, -0.15) is 0 Å². The summed E-state index contributed by atoms with van der Waals surface area (Å²) < 4.78 is 61.4. The Morgan fingerprint density at radius 2 is 0.873 bits per heavy atom. The number of rotatable bonds is 28. The van der Waals surface area contributed by atoms with Crippen LogP contribution in [0.15, 0.2) is 117 Å². The maximum atomic E-state index is 13.0. The molecule has 63 heavy (non-hydrogen) atoms. The number of sulfone groups is 2. The molecule has 2 rings (SSSR count). The van der Waals surface area contributed by atoms with E-state index in [2.05, 4.69) is 13.8 Å². The number of allylic oxidation sites excluding steroid dienone is 4. The van der Waals surface area contributed by atoms with Crippen LogP contribution in [0.3, 0.4) is 0 Å². The normalized spacial score (nSPS) is 11.7. The van der Waals surface area contributed by atoms with Crippen LogP contribution in [0.5, 0.6) is 0 Å². The minimum absolute atomic E-state index is 0.0653. The molecule has 0 aliphatic carbocycles. The van der Waals surface area contributed by atoms with Gasteiger partial charge in [0.05, 0.1) is 23.0 Å². The Hall–Kier alpha value is -4.20. The third kappa shape index (κ3) is 26.9. The topological polar surface area (TPSA) is 148 Å². The van der Waals surface area contributed by atoms with E-state index in [1.165, 1.54) is 87.8 Å². The Kier molecular flexibility index (Phi) is 38.1. The molecule has 358 valence electrons. The molecule has 0 radical (unpaired) electrons. The van der Waals surface area contributed by atoms with Crippen LogP contribution in [-0.2, 0) is 38.7 Å². The first kappa shape index (κ1) is 60.9. The smallest absolute Gasteiger partial charge is 0.350 e. The van der Waals surface area contributed by atoms with E-state index in [0.29, 0.717) is 6.61 Å². The van der Waals surface area contributed by atoms with E-state index in [0.717, 1.165) is 51.9 Å². The number of carbonyl (C=O) groups excluding carboxylic acids is 2. The Morgan fingerprint density at radius 1 is 0.524 bits per heavy atom. The lowest BCUT2D eigenvalue weighted by molar-refractivity contribution is -0.139. The Labute approximate surface area is 383 Å². The lowest BCUT2D eigenvalue weighted by Gasteiger charge is -2.14. The third-order valence-electron chi connectivity index (χ3n) is 9.32. The minimum atomic E-state index is -3.95. The molecule has 0 saturated carbocycles. The van der Waals surface area contributed by atoms with Crippen molar-refractivity contribution in [3.05, 3.63) is 107 Å². The number of aliphatic hydroxyl groups excluding tert-OH is 1. The number of ether oxygens (including phenoxy) is 2. The standard InChI is InChI=1S/C23H35NO4S.C17H23NO4S.C8H18O.C2H6/c1-4-7-8-9-10-14-20-28-23(25)22(18-15-19-24(5-2)6-3)29(26,27)21-16-12-11-13-17-21;1-4-18(5-2)14-10-13-16(17(19)22-6-3)23(20,21)15-11-8-7-9-12-15;1-2-3-4-5-6-7-8-9;1-2/h11-13,15-19H,4-10,14,20H2,1-3H3;7-14H,4-6H2,1-3H3;9H,2-8H2,1H3;1-2H3/b19-15+,22-18-;14-10+,16-13-;;. The van der Waals surface area contributed by atoms with Crippen molar-refractivity contribution in [2.45, 2.75) is 149 Å². The predicted octanol–water partition coefficient (Wildman–Crippen LogP) is 11.2. The second kappa shape index (κ2) is 39.4. The number of hydrogen-bond acceptors (Lipinski definition) is 11.